The van der Waals surface area contributed by atoms with Crippen LogP contribution in [0.2, 0.25) is 0 Å². The van der Waals surface area contributed by atoms with E-state index in [1.807, 2.05) is 19.2 Å². The van der Waals surface area contributed by atoms with E-state index >= 15 is 0 Å². The molecule has 4 nitrogen and oxygen atoms in total. The molecule has 0 saturated carbocycles. The summed E-state index contributed by atoms with van der Waals surface area (Å²) in [5, 5.41) is 12.7. The summed E-state index contributed by atoms with van der Waals surface area (Å²) in [6.45, 7) is 1.58. The normalized spacial score (nSPS) is 18.4. The van der Waals surface area contributed by atoms with E-state index in [1.54, 1.807) is 23.5 Å². The van der Waals surface area contributed by atoms with Gasteiger partial charge in [-0.1, -0.05) is 6.07 Å². The van der Waals surface area contributed by atoms with E-state index in [9.17, 15) is 5.11 Å². The second-order valence-corrected chi connectivity index (χ2v) is 5.94. The monoisotopic (exact) mass is 290 g/mol. The molecular weight excluding hydrogens is 272 g/mol. The zero-order chi connectivity index (χ0) is 13.9. The number of hydrogen-bond acceptors (Lipinski definition) is 5. The molecule has 1 aliphatic rings. The van der Waals surface area contributed by atoms with Crippen molar-refractivity contribution in [2.24, 2.45) is 0 Å². The number of aromatic hydroxyl groups is 1. The van der Waals surface area contributed by atoms with Gasteiger partial charge in [-0.05, 0) is 25.0 Å². The van der Waals surface area contributed by atoms with Crippen LogP contribution in [0.1, 0.15) is 29.6 Å². The van der Waals surface area contributed by atoms with Crippen LogP contribution in [-0.4, -0.2) is 23.7 Å². The summed E-state index contributed by atoms with van der Waals surface area (Å²) in [6.07, 6.45) is 2.40. The predicted octanol–water partition coefficient (Wildman–Crippen LogP) is 3.34. The molecule has 5 heteroatoms. The van der Waals surface area contributed by atoms with Crippen LogP contribution >= 0.6 is 11.3 Å². The highest BCUT2D eigenvalue weighted by Crippen LogP contribution is 2.31. The van der Waals surface area contributed by atoms with Gasteiger partial charge >= 0.3 is 0 Å². The molecule has 0 aliphatic carbocycles. The lowest BCUT2D eigenvalue weighted by Crippen LogP contribution is -2.16. The Labute approximate surface area is 122 Å². The average Bonchev–Trinajstić information content (AvgIpc) is 3.08. The van der Waals surface area contributed by atoms with Gasteiger partial charge in [0.25, 0.3) is 0 Å². The Bertz CT molecular complexity index is 579. The van der Waals surface area contributed by atoms with Gasteiger partial charge in [0, 0.05) is 30.8 Å². The van der Waals surface area contributed by atoms with Gasteiger partial charge < -0.3 is 14.7 Å². The number of aromatic nitrogens is 1. The molecule has 2 heterocycles. The fourth-order valence-electron chi connectivity index (χ4n) is 2.38. The van der Waals surface area contributed by atoms with Crippen molar-refractivity contribution in [1.29, 1.82) is 0 Å². The Morgan fingerprint density at radius 2 is 2.40 bits per heavy atom. The van der Waals surface area contributed by atoms with Crippen molar-refractivity contribution >= 4 is 17.0 Å². The van der Waals surface area contributed by atoms with Gasteiger partial charge in [0.15, 0.2) is 0 Å². The van der Waals surface area contributed by atoms with E-state index in [1.165, 1.54) is 0 Å². The number of benzene rings is 1. The highest BCUT2D eigenvalue weighted by atomic mass is 32.1. The lowest BCUT2D eigenvalue weighted by molar-refractivity contribution is 0.111. The number of nitrogens with zero attached hydrogens (tertiary/aromatic N) is 2. The van der Waals surface area contributed by atoms with E-state index < -0.39 is 0 Å². The number of anilines is 1. The molecule has 1 fully saturated rings. The van der Waals surface area contributed by atoms with Crippen LogP contribution in [0.3, 0.4) is 0 Å². The van der Waals surface area contributed by atoms with Gasteiger partial charge in [-0.15, -0.1) is 11.3 Å². The first-order chi connectivity index (χ1) is 9.72. The standard InChI is InChI=1S/C15H18N2O2S/c1-17(12-4-2-5-13(18)8-12)9-11-10-20-15(16-11)14-6-3-7-19-14/h2,4-5,8,10,14,18H,3,6-7,9H2,1H3. The minimum atomic E-state index is 0.194. The number of phenols is 1. The van der Waals surface area contributed by atoms with Gasteiger partial charge in [-0.25, -0.2) is 4.98 Å². The first kappa shape index (κ1) is 13.4. The summed E-state index contributed by atoms with van der Waals surface area (Å²) < 4.78 is 5.66. The van der Waals surface area contributed by atoms with Gasteiger partial charge in [-0.2, -0.15) is 0 Å². The Hall–Kier alpha value is -1.59. The Morgan fingerprint density at radius 3 is 3.15 bits per heavy atom. The molecule has 0 radical (unpaired) electrons. The molecule has 20 heavy (non-hydrogen) atoms. The molecule has 1 saturated heterocycles. The fourth-order valence-corrected chi connectivity index (χ4v) is 3.27. The zero-order valence-corrected chi connectivity index (χ0v) is 12.3. The van der Waals surface area contributed by atoms with Crippen LogP contribution in [0.15, 0.2) is 29.6 Å². The average molecular weight is 290 g/mol. The largest absolute Gasteiger partial charge is 0.508 e. The van der Waals surface area contributed by atoms with Gasteiger partial charge in [0.05, 0.1) is 12.2 Å². The number of thiazole rings is 1. The van der Waals surface area contributed by atoms with Gasteiger partial charge in [0.2, 0.25) is 0 Å². The second-order valence-electron chi connectivity index (χ2n) is 5.05. The maximum absolute atomic E-state index is 9.52. The van der Waals surface area contributed by atoms with Crippen molar-refractivity contribution in [3.05, 3.63) is 40.3 Å². The van der Waals surface area contributed by atoms with Crippen LogP contribution in [-0.2, 0) is 11.3 Å². The van der Waals surface area contributed by atoms with Gasteiger partial charge in [0.1, 0.15) is 16.9 Å². The van der Waals surface area contributed by atoms with E-state index in [2.05, 4.69) is 15.3 Å². The van der Waals surface area contributed by atoms with Crippen molar-refractivity contribution in [3.8, 4) is 5.75 Å². The van der Waals surface area contributed by atoms with Crippen LogP contribution < -0.4 is 4.90 Å². The van der Waals surface area contributed by atoms with Crippen molar-refractivity contribution in [2.75, 3.05) is 18.6 Å². The SMILES string of the molecule is CN(Cc1csc(C2CCCO2)n1)c1cccc(O)c1. The highest BCUT2D eigenvalue weighted by Gasteiger charge is 2.21. The molecule has 2 aromatic rings. The fraction of sp³-hybridized carbons (Fsp3) is 0.400. The molecule has 0 amide bonds. The van der Waals surface area contributed by atoms with Crippen molar-refractivity contribution in [3.63, 3.8) is 0 Å². The predicted molar refractivity (Wildman–Crippen MR) is 80.3 cm³/mol. The summed E-state index contributed by atoms with van der Waals surface area (Å²) in [6, 6.07) is 7.26. The molecule has 3 rings (SSSR count). The van der Waals surface area contributed by atoms with Crippen LogP contribution in [0, 0.1) is 0 Å². The van der Waals surface area contributed by atoms with Crippen molar-refractivity contribution in [1.82, 2.24) is 4.98 Å². The molecule has 1 aliphatic heterocycles. The molecule has 0 spiro atoms. The van der Waals surface area contributed by atoms with Crippen LogP contribution in [0.5, 0.6) is 5.75 Å². The summed E-state index contributed by atoms with van der Waals surface area (Å²) in [7, 11) is 2.00. The lowest BCUT2D eigenvalue weighted by Gasteiger charge is -2.18. The molecular formula is C15H18N2O2S. The van der Waals surface area contributed by atoms with Crippen LogP contribution in [0.25, 0.3) is 0 Å². The topological polar surface area (TPSA) is 45.6 Å². The molecule has 1 unspecified atom stereocenters. The summed E-state index contributed by atoms with van der Waals surface area (Å²) in [5.41, 5.74) is 2.03. The van der Waals surface area contributed by atoms with Crippen LogP contribution in [0.4, 0.5) is 5.69 Å². The number of ether oxygens (including phenoxy) is 1. The van der Waals surface area contributed by atoms with Crippen molar-refractivity contribution in [2.45, 2.75) is 25.5 Å². The first-order valence-corrected chi connectivity index (χ1v) is 7.66. The van der Waals surface area contributed by atoms with E-state index in [4.69, 9.17) is 4.74 Å². The molecule has 1 aromatic heterocycles. The molecule has 1 atom stereocenters. The Morgan fingerprint density at radius 1 is 1.50 bits per heavy atom. The zero-order valence-electron chi connectivity index (χ0n) is 11.5. The molecule has 1 aromatic carbocycles. The second kappa shape index (κ2) is 5.81. The minimum absolute atomic E-state index is 0.194. The quantitative estimate of drug-likeness (QED) is 0.938. The number of phenolic OH excluding ortho intramolecular Hbond substituents is 1. The third kappa shape index (κ3) is 2.94. The first-order valence-electron chi connectivity index (χ1n) is 6.78. The minimum Gasteiger partial charge on any atom is -0.508 e. The van der Waals surface area contributed by atoms with Gasteiger partial charge in [-0.3, -0.25) is 0 Å². The van der Waals surface area contributed by atoms with E-state index in [0.29, 0.717) is 0 Å². The third-order valence-corrected chi connectivity index (χ3v) is 4.43. The molecule has 106 valence electrons. The number of hydrogen-bond donors (Lipinski definition) is 1. The Kier molecular flexibility index (Phi) is 3.89. The highest BCUT2D eigenvalue weighted by molar-refractivity contribution is 7.09. The molecule has 1 N–H and O–H groups in total. The Balaban J connectivity index is 1.68. The maximum atomic E-state index is 9.52. The number of rotatable bonds is 4. The third-order valence-electron chi connectivity index (χ3n) is 3.44. The van der Waals surface area contributed by atoms with Crippen molar-refractivity contribution < 1.29 is 9.84 Å². The van der Waals surface area contributed by atoms with E-state index in [-0.39, 0.29) is 11.9 Å². The maximum Gasteiger partial charge on any atom is 0.122 e. The lowest BCUT2D eigenvalue weighted by atomic mass is 10.2. The summed E-state index contributed by atoms with van der Waals surface area (Å²) in [5.74, 6) is 0.285. The molecule has 0 bridgehead atoms. The smallest absolute Gasteiger partial charge is 0.122 e. The summed E-state index contributed by atoms with van der Waals surface area (Å²) in [4.78, 5) is 6.75. The summed E-state index contributed by atoms with van der Waals surface area (Å²) >= 11 is 1.67. The van der Waals surface area contributed by atoms with E-state index in [0.717, 1.165) is 42.4 Å².